The van der Waals surface area contributed by atoms with Crippen LogP contribution in [-0.2, 0) is 0 Å². The maximum atomic E-state index is 13.9. The molecule has 4 heteroatoms. The van der Waals surface area contributed by atoms with E-state index >= 15 is 0 Å². The molecule has 0 bridgehead atoms. The van der Waals surface area contributed by atoms with Gasteiger partial charge in [0.2, 0.25) is 0 Å². The first kappa shape index (κ1) is 15.3. The van der Waals surface area contributed by atoms with Crippen LogP contribution < -0.4 is 0 Å². The first-order chi connectivity index (χ1) is 10.1. The molecule has 3 aromatic rings. The number of rotatable bonds is 2. The molecule has 0 aromatic heterocycles. The predicted molar refractivity (Wildman–Crippen MR) is 98.5 cm³/mol. The van der Waals surface area contributed by atoms with Gasteiger partial charge in [0.25, 0.3) is 0 Å². The van der Waals surface area contributed by atoms with Crippen molar-refractivity contribution in [1.29, 1.82) is 0 Å². The zero-order chi connectivity index (χ0) is 15.0. The Morgan fingerprint density at radius 1 is 0.952 bits per heavy atom. The van der Waals surface area contributed by atoms with Gasteiger partial charge in [-0.25, -0.2) is 4.39 Å². The van der Waals surface area contributed by atoms with Gasteiger partial charge in [0.05, 0.1) is 5.38 Å². The van der Waals surface area contributed by atoms with Crippen LogP contribution in [0.2, 0.25) is 0 Å². The third kappa shape index (κ3) is 2.96. The first-order valence-electron chi connectivity index (χ1n) is 6.34. The summed E-state index contributed by atoms with van der Waals surface area (Å²) in [6, 6.07) is 16.7. The Morgan fingerprint density at radius 2 is 1.67 bits per heavy atom. The Morgan fingerprint density at radius 3 is 2.43 bits per heavy atom. The van der Waals surface area contributed by atoms with Crippen LogP contribution in [0, 0.1) is 9.39 Å². The van der Waals surface area contributed by atoms with E-state index in [-0.39, 0.29) is 11.2 Å². The van der Waals surface area contributed by atoms with Gasteiger partial charge in [-0.1, -0.05) is 46.3 Å². The lowest BCUT2D eigenvalue weighted by atomic mass is 9.98. The molecule has 3 rings (SSSR count). The van der Waals surface area contributed by atoms with Gasteiger partial charge < -0.3 is 0 Å². The predicted octanol–water partition coefficient (Wildman–Crippen LogP) is 6.67. The van der Waals surface area contributed by atoms with Crippen molar-refractivity contribution in [2.75, 3.05) is 0 Å². The van der Waals surface area contributed by atoms with Crippen molar-refractivity contribution in [2.24, 2.45) is 0 Å². The summed E-state index contributed by atoms with van der Waals surface area (Å²) in [7, 11) is 0. The van der Waals surface area contributed by atoms with Crippen LogP contribution >= 0.6 is 50.1 Å². The highest BCUT2D eigenvalue weighted by Gasteiger charge is 2.18. The molecule has 0 fully saturated rings. The van der Waals surface area contributed by atoms with Crippen molar-refractivity contribution in [1.82, 2.24) is 0 Å². The highest BCUT2D eigenvalue weighted by molar-refractivity contribution is 14.1. The first-order valence-corrected chi connectivity index (χ1v) is 8.65. The van der Waals surface area contributed by atoms with Gasteiger partial charge >= 0.3 is 0 Å². The molecule has 0 saturated heterocycles. The van der Waals surface area contributed by atoms with E-state index in [1.165, 1.54) is 6.07 Å². The second-order valence-corrected chi connectivity index (χ2v) is 7.25. The molecular weight excluding hydrogens is 465 g/mol. The topological polar surface area (TPSA) is 0 Å². The Balaban J connectivity index is 2.20. The molecule has 0 aliphatic heterocycles. The monoisotopic (exact) mass is 474 g/mol. The van der Waals surface area contributed by atoms with Crippen LogP contribution in [0.4, 0.5) is 4.39 Å². The number of benzene rings is 3. The Hall–Kier alpha value is -0.650. The van der Waals surface area contributed by atoms with E-state index < -0.39 is 0 Å². The molecule has 1 unspecified atom stereocenters. The summed E-state index contributed by atoms with van der Waals surface area (Å²) in [6.07, 6.45) is 0. The van der Waals surface area contributed by atoms with Crippen LogP contribution in [0.3, 0.4) is 0 Å². The summed E-state index contributed by atoms with van der Waals surface area (Å²) in [5, 5.41) is 1.12. The number of hydrogen-bond donors (Lipinski definition) is 0. The third-order valence-electron chi connectivity index (χ3n) is 3.41. The van der Waals surface area contributed by atoms with E-state index in [9.17, 15) is 4.39 Å². The SMILES string of the molecule is Fc1ccc(C(Cl)c2cc(I)ccc2Br)c2ccccc12. The minimum Gasteiger partial charge on any atom is -0.206 e. The van der Waals surface area contributed by atoms with Gasteiger partial charge in [0.15, 0.2) is 0 Å². The summed E-state index contributed by atoms with van der Waals surface area (Å²) in [6.45, 7) is 0. The van der Waals surface area contributed by atoms with E-state index in [4.69, 9.17) is 11.6 Å². The smallest absolute Gasteiger partial charge is 0.131 e. The zero-order valence-corrected chi connectivity index (χ0v) is 15.3. The summed E-state index contributed by atoms with van der Waals surface area (Å²) < 4.78 is 16.0. The van der Waals surface area contributed by atoms with Crippen LogP contribution in [0.5, 0.6) is 0 Å². The molecule has 1 atom stereocenters. The lowest BCUT2D eigenvalue weighted by Gasteiger charge is -2.15. The van der Waals surface area contributed by atoms with Gasteiger partial charge in [-0.15, -0.1) is 11.6 Å². The minimum atomic E-state index is -0.334. The number of halogens is 4. The zero-order valence-electron chi connectivity index (χ0n) is 10.8. The summed E-state index contributed by atoms with van der Waals surface area (Å²) in [5.41, 5.74) is 1.90. The second kappa shape index (κ2) is 6.23. The quantitative estimate of drug-likeness (QED) is 0.287. The molecule has 0 nitrogen and oxygen atoms in total. The van der Waals surface area contributed by atoms with E-state index in [1.807, 2.05) is 36.4 Å². The lowest BCUT2D eigenvalue weighted by Crippen LogP contribution is -1.97. The van der Waals surface area contributed by atoms with Crippen molar-refractivity contribution in [2.45, 2.75) is 5.38 Å². The minimum absolute atomic E-state index is 0.222. The van der Waals surface area contributed by atoms with Crippen molar-refractivity contribution >= 4 is 60.9 Å². The second-order valence-electron chi connectivity index (χ2n) is 4.71. The maximum Gasteiger partial charge on any atom is 0.131 e. The molecule has 0 heterocycles. The number of fused-ring (bicyclic) bond motifs is 1. The fraction of sp³-hybridized carbons (Fsp3) is 0.0588. The molecule has 0 N–H and O–H groups in total. The summed E-state index contributed by atoms with van der Waals surface area (Å²) in [4.78, 5) is 0. The molecule has 0 aliphatic rings. The van der Waals surface area contributed by atoms with E-state index in [0.717, 1.165) is 24.6 Å². The Bertz CT molecular complexity index is 819. The molecule has 0 saturated carbocycles. The number of hydrogen-bond acceptors (Lipinski definition) is 0. The van der Waals surface area contributed by atoms with Gasteiger partial charge in [-0.2, -0.15) is 0 Å². The van der Waals surface area contributed by atoms with E-state index in [0.29, 0.717) is 5.39 Å². The highest BCUT2D eigenvalue weighted by atomic mass is 127. The molecule has 21 heavy (non-hydrogen) atoms. The normalized spacial score (nSPS) is 12.6. The van der Waals surface area contributed by atoms with Crippen LogP contribution in [0.15, 0.2) is 59.1 Å². The molecule has 3 aromatic carbocycles. The fourth-order valence-electron chi connectivity index (χ4n) is 2.38. The van der Waals surface area contributed by atoms with Crippen molar-refractivity contribution in [3.8, 4) is 0 Å². The molecular formula is C17H10BrClFI. The average Bonchev–Trinajstić information content (AvgIpc) is 2.50. The van der Waals surface area contributed by atoms with Gasteiger partial charge in [-0.05, 0) is 63.4 Å². The Labute approximate surface area is 149 Å². The molecule has 0 radical (unpaired) electrons. The van der Waals surface area contributed by atoms with E-state index in [1.54, 1.807) is 12.1 Å². The van der Waals surface area contributed by atoms with Gasteiger partial charge in [-0.3, -0.25) is 0 Å². The van der Waals surface area contributed by atoms with Crippen LogP contribution in [0.25, 0.3) is 10.8 Å². The number of alkyl halides is 1. The maximum absolute atomic E-state index is 13.9. The largest absolute Gasteiger partial charge is 0.206 e. The van der Waals surface area contributed by atoms with Crippen LogP contribution in [-0.4, -0.2) is 0 Å². The van der Waals surface area contributed by atoms with Crippen LogP contribution in [0.1, 0.15) is 16.5 Å². The Kier molecular flexibility index (Phi) is 4.52. The lowest BCUT2D eigenvalue weighted by molar-refractivity contribution is 0.639. The van der Waals surface area contributed by atoms with Crippen molar-refractivity contribution < 1.29 is 4.39 Å². The third-order valence-corrected chi connectivity index (χ3v) is 5.27. The molecule has 0 spiro atoms. The molecule has 106 valence electrons. The van der Waals surface area contributed by atoms with Gasteiger partial charge in [0.1, 0.15) is 5.82 Å². The highest BCUT2D eigenvalue weighted by Crippen LogP contribution is 2.38. The van der Waals surface area contributed by atoms with Gasteiger partial charge in [0, 0.05) is 13.4 Å². The fourth-order valence-corrected chi connectivity index (χ4v) is 3.88. The van der Waals surface area contributed by atoms with Crippen molar-refractivity contribution in [3.63, 3.8) is 0 Å². The van der Waals surface area contributed by atoms with Crippen molar-refractivity contribution in [3.05, 3.63) is 79.6 Å². The van der Waals surface area contributed by atoms with E-state index in [2.05, 4.69) is 38.5 Å². The standard InChI is InChI=1S/C17H10BrClFI/c18-15-7-5-10(21)9-14(15)17(19)13-6-8-16(20)12-4-2-1-3-11(12)13/h1-9,17H. The average molecular weight is 476 g/mol. The summed E-state index contributed by atoms with van der Waals surface area (Å²) >= 11 is 12.5. The molecule has 0 aliphatic carbocycles. The molecule has 0 amide bonds. The summed E-state index contributed by atoms with van der Waals surface area (Å²) in [5.74, 6) is -0.222.